The van der Waals surface area contributed by atoms with E-state index in [1.165, 1.54) is 0 Å². The number of hydrogen-bond donors (Lipinski definition) is 1. The monoisotopic (exact) mass is 386 g/mol. The lowest BCUT2D eigenvalue weighted by atomic mass is 10.1. The number of hydrogen-bond acceptors (Lipinski definition) is 2. The van der Waals surface area contributed by atoms with Gasteiger partial charge in [-0.3, -0.25) is 9.59 Å². The topological polar surface area (TPSA) is 49.4 Å². The van der Waals surface area contributed by atoms with E-state index >= 15 is 0 Å². The molecular weight excluding hydrogens is 368 g/mol. The molecule has 3 rings (SSSR count). The second-order valence-corrected chi connectivity index (χ2v) is 6.77. The highest BCUT2D eigenvalue weighted by atomic mass is 79.9. The van der Waals surface area contributed by atoms with Crippen LogP contribution in [-0.4, -0.2) is 18.4 Å². The molecule has 0 saturated carbocycles. The van der Waals surface area contributed by atoms with Crippen LogP contribution in [0, 0.1) is 0 Å². The summed E-state index contributed by atoms with van der Waals surface area (Å²) >= 11 is 3.51. The van der Waals surface area contributed by atoms with Gasteiger partial charge in [0.1, 0.15) is 0 Å². The lowest BCUT2D eigenvalue weighted by Gasteiger charge is -2.17. The first-order valence-electron chi connectivity index (χ1n) is 8.02. The molecule has 1 aliphatic rings. The number of amides is 2. The van der Waals surface area contributed by atoms with Crippen LogP contribution in [0.4, 0.5) is 5.69 Å². The van der Waals surface area contributed by atoms with Crippen molar-refractivity contribution in [3.63, 3.8) is 0 Å². The second-order valence-electron chi connectivity index (χ2n) is 5.91. The van der Waals surface area contributed by atoms with Gasteiger partial charge in [0.05, 0.1) is 6.04 Å². The Labute approximate surface area is 150 Å². The third-order valence-electron chi connectivity index (χ3n) is 4.23. The molecule has 2 aromatic carbocycles. The van der Waals surface area contributed by atoms with Gasteiger partial charge in [0, 0.05) is 28.7 Å². The van der Waals surface area contributed by atoms with Crippen molar-refractivity contribution in [2.75, 3.05) is 11.4 Å². The van der Waals surface area contributed by atoms with Gasteiger partial charge >= 0.3 is 0 Å². The summed E-state index contributed by atoms with van der Waals surface area (Å²) in [4.78, 5) is 26.0. The molecule has 1 fully saturated rings. The van der Waals surface area contributed by atoms with Crippen LogP contribution in [0.25, 0.3) is 0 Å². The Kier molecular flexibility index (Phi) is 5.00. The minimum absolute atomic E-state index is 0.104. The normalized spacial score (nSPS) is 15.4. The summed E-state index contributed by atoms with van der Waals surface area (Å²) in [6.07, 6.45) is 1.50. The van der Waals surface area contributed by atoms with E-state index in [1.54, 1.807) is 17.0 Å². The third-order valence-corrected chi connectivity index (χ3v) is 4.96. The Morgan fingerprint density at radius 2 is 1.88 bits per heavy atom. The molecule has 2 aromatic rings. The summed E-state index contributed by atoms with van der Waals surface area (Å²) in [7, 11) is 0. The first kappa shape index (κ1) is 16.7. The van der Waals surface area contributed by atoms with E-state index in [0.29, 0.717) is 12.0 Å². The largest absolute Gasteiger partial charge is 0.345 e. The minimum Gasteiger partial charge on any atom is -0.345 e. The number of carbonyl (C=O) groups excluding carboxylic acids is 2. The zero-order chi connectivity index (χ0) is 17.1. The molecule has 0 bridgehead atoms. The van der Waals surface area contributed by atoms with Gasteiger partial charge in [-0.1, -0.05) is 34.1 Å². The molecule has 0 aliphatic carbocycles. The molecule has 2 amide bonds. The Hall–Kier alpha value is -2.14. The Bertz CT molecular complexity index is 758. The SMILES string of the molecule is CC(NC(=O)c1ccc(N2CCCC2=O)cc1)c1ccccc1Br. The number of rotatable bonds is 4. The van der Waals surface area contributed by atoms with Crippen LogP contribution < -0.4 is 10.2 Å². The number of anilines is 1. The fraction of sp³-hybridized carbons (Fsp3) is 0.263. The Balaban J connectivity index is 1.69. The van der Waals surface area contributed by atoms with Gasteiger partial charge in [-0.2, -0.15) is 0 Å². The average molecular weight is 387 g/mol. The van der Waals surface area contributed by atoms with E-state index in [0.717, 1.165) is 28.7 Å². The van der Waals surface area contributed by atoms with E-state index in [4.69, 9.17) is 0 Å². The standard InChI is InChI=1S/C19H19BrN2O2/c1-13(16-5-2-3-6-17(16)20)21-19(24)14-8-10-15(11-9-14)22-12-4-7-18(22)23/h2-3,5-6,8-11,13H,4,7,12H2,1H3,(H,21,24). The van der Waals surface area contributed by atoms with E-state index in [1.807, 2.05) is 43.3 Å². The van der Waals surface area contributed by atoms with Gasteiger partial charge in [0.25, 0.3) is 5.91 Å². The van der Waals surface area contributed by atoms with Crippen molar-refractivity contribution in [1.29, 1.82) is 0 Å². The zero-order valence-corrected chi connectivity index (χ0v) is 15.0. The van der Waals surface area contributed by atoms with Gasteiger partial charge < -0.3 is 10.2 Å². The number of nitrogens with zero attached hydrogens (tertiary/aromatic N) is 1. The molecule has 124 valence electrons. The molecular formula is C19H19BrN2O2. The van der Waals surface area contributed by atoms with Gasteiger partial charge in [0.2, 0.25) is 5.91 Å². The number of benzene rings is 2. The predicted molar refractivity (Wildman–Crippen MR) is 98.1 cm³/mol. The maximum atomic E-state index is 12.4. The molecule has 0 radical (unpaired) electrons. The summed E-state index contributed by atoms with van der Waals surface area (Å²) in [6.45, 7) is 2.71. The van der Waals surface area contributed by atoms with E-state index in [9.17, 15) is 9.59 Å². The molecule has 1 unspecified atom stereocenters. The Morgan fingerprint density at radius 3 is 2.50 bits per heavy atom. The van der Waals surface area contributed by atoms with Crippen LogP contribution in [0.1, 0.15) is 41.7 Å². The van der Waals surface area contributed by atoms with Crippen molar-refractivity contribution < 1.29 is 9.59 Å². The lowest BCUT2D eigenvalue weighted by molar-refractivity contribution is -0.117. The van der Waals surface area contributed by atoms with Crippen LogP contribution in [0.15, 0.2) is 53.0 Å². The Morgan fingerprint density at radius 1 is 1.17 bits per heavy atom. The highest BCUT2D eigenvalue weighted by molar-refractivity contribution is 9.10. The quantitative estimate of drug-likeness (QED) is 0.860. The van der Waals surface area contributed by atoms with E-state index in [2.05, 4.69) is 21.2 Å². The molecule has 0 spiro atoms. The van der Waals surface area contributed by atoms with Crippen molar-refractivity contribution in [2.45, 2.75) is 25.8 Å². The molecule has 0 aromatic heterocycles. The van der Waals surface area contributed by atoms with Crippen LogP contribution in [0.5, 0.6) is 0 Å². The summed E-state index contributed by atoms with van der Waals surface area (Å²) in [6, 6.07) is 14.9. The maximum Gasteiger partial charge on any atom is 0.251 e. The first-order chi connectivity index (χ1) is 11.6. The fourth-order valence-corrected chi connectivity index (χ4v) is 3.53. The van der Waals surface area contributed by atoms with Crippen LogP contribution in [-0.2, 0) is 4.79 Å². The summed E-state index contributed by atoms with van der Waals surface area (Å²) in [5.41, 5.74) is 2.47. The van der Waals surface area contributed by atoms with E-state index in [-0.39, 0.29) is 17.9 Å². The molecule has 24 heavy (non-hydrogen) atoms. The molecule has 5 heteroatoms. The smallest absolute Gasteiger partial charge is 0.251 e. The first-order valence-corrected chi connectivity index (χ1v) is 8.81. The maximum absolute atomic E-state index is 12.4. The van der Waals surface area contributed by atoms with Gasteiger partial charge in [-0.25, -0.2) is 0 Å². The molecule has 1 N–H and O–H groups in total. The molecule has 1 aliphatic heterocycles. The number of halogens is 1. The lowest BCUT2D eigenvalue weighted by Crippen LogP contribution is -2.27. The average Bonchev–Trinajstić information content (AvgIpc) is 3.01. The highest BCUT2D eigenvalue weighted by Crippen LogP contribution is 2.24. The zero-order valence-electron chi connectivity index (χ0n) is 13.5. The van der Waals surface area contributed by atoms with Gasteiger partial charge in [-0.15, -0.1) is 0 Å². The van der Waals surface area contributed by atoms with Crippen LogP contribution in [0.2, 0.25) is 0 Å². The van der Waals surface area contributed by atoms with E-state index < -0.39 is 0 Å². The summed E-state index contributed by atoms with van der Waals surface area (Å²) < 4.78 is 0.973. The van der Waals surface area contributed by atoms with Crippen molar-refractivity contribution in [3.05, 3.63) is 64.1 Å². The molecule has 1 heterocycles. The fourth-order valence-electron chi connectivity index (χ4n) is 2.90. The van der Waals surface area contributed by atoms with Crippen molar-refractivity contribution in [2.24, 2.45) is 0 Å². The number of carbonyl (C=O) groups is 2. The molecule has 4 nitrogen and oxygen atoms in total. The van der Waals surface area contributed by atoms with Gasteiger partial charge in [0.15, 0.2) is 0 Å². The summed E-state index contributed by atoms with van der Waals surface area (Å²) in [5.74, 6) is 0.0207. The molecule has 1 atom stereocenters. The van der Waals surface area contributed by atoms with Crippen LogP contribution >= 0.6 is 15.9 Å². The highest BCUT2D eigenvalue weighted by Gasteiger charge is 2.22. The summed E-state index contributed by atoms with van der Waals surface area (Å²) in [5, 5.41) is 3.00. The predicted octanol–water partition coefficient (Wildman–Crippen LogP) is 4.07. The minimum atomic E-state index is -0.127. The third kappa shape index (κ3) is 3.51. The van der Waals surface area contributed by atoms with Crippen molar-refractivity contribution in [1.82, 2.24) is 5.32 Å². The molecule has 1 saturated heterocycles. The van der Waals surface area contributed by atoms with Crippen LogP contribution in [0.3, 0.4) is 0 Å². The number of nitrogens with one attached hydrogen (secondary N) is 1. The van der Waals surface area contributed by atoms with Crippen molar-refractivity contribution >= 4 is 33.4 Å². The second kappa shape index (κ2) is 7.18. The van der Waals surface area contributed by atoms with Crippen molar-refractivity contribution in [3.8, 4) is 0 Å². The van der Waals surface area contributed by atoms with Gasteiger partial charge in [-0.05, 0) is 49.2 Å².